The summed E-state index contributed by atoms with van der Waals surface area (Å²) in [5, 5.41) is 15.6. The number of non-ortho nitro benzene ring substituents is 1. The molecule has 0 aliphatic heterocycles. The van der Waals surface area contributed by atoms with E-state index in [-0.39, 0.29) is 23.6 Å². The predicted octanol–water partition coefficient (Wildman–Crippen LogP) is 2.58. The van der Waals surface area contributed by atoms with Crippen molar-refractivity contribution in [3.8, 4) is 5.75 Å². The summed E-state index contributed by atoms with van der Waals surface area (Å²) >= 11 is 0. The van der Waals surface area contributed by atoms with E-state index >= 15 is 0 Å². The van der Waals surface area contributed by atoms with E-state index in [9.17, 15) is 24.5 Å². The number of nitrogens with two attached hydrogens (primary N) is 1. The van der Waals surface area contributed by atoms with Crippen molar-refractivity contribution in [2.45, 2.75) is 13.3 Å². The van der Waals surface area contributed by atoms with Gasteiger partial charge in [0.2, 0.25) is 0 Å². The average Bonchev–Trinajstić information content (AvgIpc) is 3.11. The number of carbonyl (C=O) groups is 3. The van der Waals surface area contributed by atoms with Gasteiger partial charge in [0, 0.05) is 31.2 Å². The molecule has 0 saturated heterocycles. The van der Waals surface area contributed by atoms with Gasteiger partial charge in [0.15, 0.2) is 5.82 Å². The molecule has 3 rings (SSSR count). The Balaban J connectivity index is 1.70. The number of imidazole rings is 1. The van der Waals surface area contributed by atoms with Crippen LogP contribution in [-0.4, -0.2) is 32.8 Å². The number of aromatic nitrogens is 2. The van der Waals surface area contributed by atoms with Crippen molar-refractivity contribution in [2.75, 3.05) is 10.6 Å². The minimum Gasteiger partial charge on any atom is -0.427 e. The summed E-state index contributed by atoms with van der Waals surface area (Å²) in [7, 11) is 0. The summed E-state index contributed by atoms with van der Waals surface area (Å²) in [6.07, 6.45) is 0.284. The Morgan fingerprint density at radius 3 is 2.31 bits per heavy atom. The summed E-state index contributed by atoms with van der Waals surface area (Å²) in [6.45, 7) is 1.30. The highest BCUT2D eigenvalue weighted by atomic mass is 16.6. The van der Waals surface area contributed by atoms with Crippen LogP contribution in [0.2, 0.25) is 0 Å². The lowest BCUT2D eigenvalue weighted by molar-refractivity contribution is -0.384. The van der Waals surface area contributed by atoms with Crippen molar-refractivity contribution in [3.05, 3.63) is 75.7 Å². The molecule has 0 bridgehead atoms. The first kappa shape index (κ1) is 22.0. The van der Waals surface area contributed by atoms with Crippen LogP contribution in [0.4, 0.5) is 22.0 Å². The molecule has 3 amide bonds. The molecule has 0 aliphatic rings. The third-order valence-corrected chi connectivity index (χ3v) is 4.12. The molecule has 1 aromatic heterocycles. The zero-order valence-corrected chi connectivity index (χ0v) is 16.7. The fourth-order valence-electron chi connectivity index (χ4n) is 2.75. The number of carbonyl (C=O) groups excluding carboxylic acids is 3. The fourth-order valence-corrected chi connectivity index (χ4v) is 2.75. The summed E-state index contributed by atoms with van der Waals surface area (Å²) in [5.74, 6) is -0.561. The van der Waals surface area contributed by atoms with Crippen LogP contribution in [0.3, 0.4) is 0 Å². The highest BCUT2D eigenvalue weighted by Gasteiger charge is 2.18. The number of hydrogen-bond donors (Lipinski definition) is 4. The van der Waals surface area contributed by atoms with E-state index in [2.05, 4.69) is 20.6 Å². The maximum atomic E-state index is 12.3. The van der Waals surface area contributed by atoms with E-state index in [0.717, 1.165) is 5.56 Å². The molecule has 5 N–H and O–H groups in total. The number of ether oxygens (including phenoxy) is 1. The zero-order valence-electron chi connectivity index (χ0n) is 16.7. The lowest BCUT2D eigenvalue weighted by atomic mass is 10.1. The molecule has 3 aromatic rings. The van der Waals surface area contributed by atoms with Crippen molar-refractivity contribution in [3.63, 3.8) is 0 Å². The van der Waals surface area contributed by atoms with Crippen LogP contribution in [0.5, 0.6) is 5.75 Å². The lowest BCUT2D eigenvalue weighted by Gasteiger charge is -2.06. The number of H-pyrrole nitrogens is 1. The van der Waals surface area contributed by atoms with Gasteiger partial charge in [0.25, 0.3) is 11.6 Å². The second kappa shape index (κ2) is 9.38. The summed E-state index contributed by atoms with van der Waals surface area (Å²) in [6, 6.07) is 11.2. The largest absolute Gasteiger partial charge is 0.427 e. The molecule has 164 valence electrons. The van der Waals surface area contributed by atoms with Crippen molar-refractivity contribution in [2.24, 2.45) is 5.73 Å². The number of primary amides is 1. The SMILES string of the molecule is CC(=O)Oc1ccc(Cc2nc(NC(=O)Nc3ccc([N+](=O)[O-])cc3)c(C(N)=O)[nH]2)cc1. The number of aromatic amines is 1. The van der Waals surface area contributed by atoms with E-state index in [4.69, 9.17) is 10.5 Å². The lowest BCUT2D eigenvalue weighted by Crippen LogP contribution is -2.22. The molecule has 1 heterocycles. The van der Waals surface area contributed by atoms with Crippen molar-refractivity contribution in [1.29, 1.82) is 0 Å². The van der Waals surface area contributed by atoms with Crippen molar-refractivity contribution >= 4 is 35.1 Å². The molecule has 0 spiro atoms. The van der Waals surface area contributed by atoms with Gasteiger partial charge < -0.3 is 20.8 Å². The van der Waals surface area contributed by atoms with Crippen LogP contribution < -0.4 is 21.1 Å². The molecule has 32 heavy (non-hydrogen) atoms. The number of urea groups is 1. The van der Waals surface area contributed by atoms with Crippen molar-refractivity contribution in [1.82, 2.24) is 9.97 Å². The number of nitro groups is 1. The first-order valence-corrected chi connectivity index (χ1v) is 9.20. The molecule has 12 heteroatoms. The first-order chi connectivity index (χ1) is 15.2. The van der Waals surface area contributed by atoms with E-state index in [1.54, 1.807) is 24.3 Å². The number of benzene rings is 2. The van der Waals surface area contributed by atoms with Gasteiger partial charge in [-0.25, -0.2) is 9.78 Å². The molecule has 2 aromatic carbocycles. The monoisotopic (exact) mass is 438 g/mol. The van der Waals surface area contributed by atoms with Crippen LogP contribution in [-0.2, 0) is 11.2 Å². The van der Waals surface area contributed by atoms with Gasteiger partial charge in [0.1, 0.15) is 17.3 Å². The number of anilines is 2. The highest BCUT2D eigenvalue weighted by Crippen LogP contribution is 2.19. The fraction of sp³-hybridized carbons (Fsp3) is 0.100. The smallest absolute Gasteiger partial charge is 0.324 e. The van der Waals surface area contributed by atoms with Crippen LogP contribution in [0, 0.1) is 10.1 Å². The Labute approximate surface area is 180 Å². The van der Waals surface area contributed by atoms with Crippen LogP contribution in [0.15, 0.2) is 48.5 Å². The number of esters is 1. The highest BCUT2D eigenvalue weighted by molar-refractivity contribution is 6.04. The Morgan fingerprint density at radius 2 is 1.75 bits per heavy atom. The Hall–Kier alpha value is -4.74. The van der Waals surface area contributed by atoms with Gasteiger partial charge in [-0.05, 0) is 29.8 Å². The molecular weight excluding hydrogens is 420 g/mol. The summed E-state index contributed by atoms with van der Waals surface area (Å²) in [5.41, 5.74) is 6.26. The minimum atomic E-state index is -0.820. The Morgan fingerprint density at radius 1 is 1.09 bits per heavy atom. The van der Waals surface area contributed by atoms with Crippen LogP contribution in [0.25, 0.3) is 0 Å². The van der Waals surface area contributed by atoms with Crippen LogP contribution in [0.1, 0.15) is 28.8 Å². The van der Waals surface area contributed by atoms with E-state index < -0.39 is 22.8 Å². The quantitative estimate of drug-likeness (QED) is 0.189. The topological polar surface area (TPSA) is 182 Å². The molecule has 0 aliphatic carbocycles. The van der Waals surface area contributed by atoms with E-state index in [0.29, 0.717) is 17.3 Å². The average molecular weight is 438 g/mol. The van der Waals surface area contributed by atoms with E-state index in [1.165, 1.54) is 31.2 Å². The number of amides is 3. The minimum absolute atomic E-state index is 0.0663. The Kier molecular flexibility index (Phi) is 6.44. The number of hydrogen-bond acceptors (Lipinski definition) is 7. The maximum absolute atomic E-state index is 12.3. The Bertz CT molecular complexity index is 1170. The second-order valence-electron chi connectivity index (χ2n) is 6.57. The van der Waals surface area contributed by atoms with Gasteiger partial charge in [0.05, 0.1) is 4.92 Å². The molecule has 0 radical (unpaired) electrons. The summed E-state index contributed by atoms with van der Waals surface area (Å²) in [4.78, 5) is 52.1. The molecule has 0 saturated carbocycles. The third kappa shape index (κ3) is 5.66. The first-order valence-electron chi connectivity index (χ1n) is 9.20. The molecule has 0 fully saturated rings. The van der Waals surface area contributed by atoms with Gasteiger partial charge in [-0.15, -0.1) is 0 Å². The van der Waals surface area contributed by atoms with Gasteiger partial charge in [-0.2, -0.15) is 0 Å². The zero-order chi connectivity index (χ0) is 23.3. The molecular formula is C20H18N6O6. The molecule has 0 unspecified atom stereocenters. The van der Waals surface area contributed by atoms with Crippen molar-refractivity contribution < 1.29 is 24.0 Å². The van der Waals surface area contributed by atoms with Gasteiger partial charge in [-0.1, -0.05) is 12.1 Å². The molecule has 12 nitrogen and oxygen atoms in total. The third-order valence-electron chi connectivity index (χ3n) is 4.12. The second-order valence-corrected chi connectivity index (χ2v) is 6.57. The normalized spacial score (nSPS) is 10.3. The number of nitrogens with zero attached hydrogens (tertiary/aromatic N) is 2. The number of rotatable bonds is 7. The number of nitrogens with one attached hydrogen (secondary N) is 3. The van der Waals surface area contributed by atoms with E-state index in [1.807, 2.05) is 0 Å². The number of nitro benzene ring substituents is 1. The maximum Gasteiger partial charge on any atom is 0.324 e. The van der Waals surface area contributed by atoms with Gasteiger partial charge in [-0.3, -0.25) is 25.0 Å². The standard InChI is InChI=1S/C20H18N6O6/c1-11(27)32-15-8-2-12(3-9-15)10-16-23-17(18(21)28)19(24-16)25-20(29)22-13-4-6-14(7-5-13)26(30)31/h2-9H,10H2,1H3,(H2,21,28)(H,23,24)(H2,22,25,29). The summed E-state index contributed by atoms with van der Waals surface area (Å²) < 4.78 is 4.97. The predicted molar refractivity (Wildman–Crippen MR) is 113 cm³/mol. The molecule has 0 atom stereocenters. The van der Waals surface area contributed by atoms with Crippen LogP contribution >= 0.6 is 0 Å². The van der Waals surface area contributed by atoms with Gasteiger partial charge >= 0.3 is 12.0 Å².